The molecule has 0 aliphatic carbocycles. The Morgan fingerprint density at radius 1 is 1.18 bits per heavy atom. The third-order valence-corrected chi connectivity index (χ3v) is 5.19. The van der Waals surface area contributed by atoms with E-state index in [2.05, 4.69) is 31.0 Å². The Morgan fingerprint density at radius 2 is 1.85 bits per heavy atom. The molecule has 0 fully saturated rings. The van der Waals surface area contributed by atoms with Gasteiger partial charge >= 0.3 is 0 Å². The van der Waals surface area contributed by atoms with Crippen LogP contribution in [0.1, 0.15) is 61.1 Å². The molecule has 1 amide bonds. The molecule has 1 aromatic carbocycles. The van der Waals surface area contributed by atoms with E-state index in [1.807, 2.05) is 6.07 Å². The number of hydrogen-bond acceptors (Lipinski definition) is 7. The van der Waals surface area contributed by atoms with Crippen molar-refractivity contribution in [3.63, 3.8) is 0 Å². The van der Waals surface area contributed by atoms with E-state index >= 15 is 0 Å². The molecule has 9 nitrogen and oxygen atoms in total. The lowest BCUT2D eigenvalue weighted by molar-refractivity contribution is -0.118. The number of nitrogen functional groups attached to an aromatic ring is 1. The van der Waals surface area contributed by atoms with E-state index in [1.54, 1.807) is 31.2 Å². The second kappa shape index (κ2) is 9.58. The Labute approximate surface area is 192 Å². The first-order chi connectivity index (χ1) is 15.5. The van der Waals surface area contributed by atoms with Crippen LogP contribution in [0.4, 0.5) is 5.82 Å². The highest BCUT2D eigenvalue weighted by atomic mass is 16.5. The number of rotatable bonds is 9. The van der Waals surface area contributed by atoms with Crippen LogP contribution in [0.25, 0.3) is 11.3 Å². The molecule has 0 aliphatic rings. The molecule has 0 radical (unpaired) electrons. The summed E-state index contributed by atoms with van der Waals surface area (Å²) in [6.07, 6.45) is 1.18. The van der Waals surface area contributed by atoms with Gasteiger partial charge in [-0.1, -0.05) is 50.2 Å². The molecule has 0 saturated carbocycles. The van der Waals surface area contributed by atoms with Crippen molar-refractivity contribution in [3.8, 4) is 11.3 Å². The van der Waals surface area contributed by atoms with E-state index < -0.39 is 11.9 Å². The molecule has 2 heterocycles. The number of aliphatic hydroxyl groups is 1. The summed E-state index contributed by atoms with van der Waals surface area (Å²) in [4.78, 5) is 24.5. The van der Waals surface area contributed by atoms with E-state index in [0.717, 1.165) is 17.7 Å². The molecular weight excluding hydrogens is 422 g/mol. The lowest BCUT2D eigenvalue weighted by Gasteiger charge is -2.14. The average molecular weight is 454 g/mol. The molecule has 1 unspecified atom stereocenters. The quantitative estimate of drug-likeness (QED) is 0.451. The van der Waals surface area contributed by atoms with Crippen LogP contribution < -0.4 is 11.5 Å². The highest BCUT2D eigenvalue weighted by Gasteiger charge is 2.23. The van der Waals surface area contributed by atoms with Gasteiger partial charge in [-0.05, 0) is 24.3 Å². The van der Waals surface area contributed by atoms with Gasteiger partial charge in [0.1, 0.15) is 28.6 Å². The molecule has 0 saturated heterocycles. The molecule has 0 bridgehead atoms. The number of aromatic nitrogens is 3. The lowest BCUT2D eigenvalue weighted by atomic mass is 9.90. The first-order valence-corrected chi connectivity index (χ1v) is 10.8. The van der Waals surface area contributed by atoms with Crippen molar-refractivity contribution >= 4 is 17.5 Å². The highest BCUT2D eigenvalue weighted by molar-refractivity contribution is 6.03. The van der Waals surface area contributed by atoms with Gasteiger partial charge in [0, 0.05) is 18.1 Å². The molecule has 9 heteroatoms. The number of nitrogens with zero attached hydrogens (tertiary/aromatic N) is 3. The molecule has 2 aromatic heterocycles. The Balaban J connectivity index is 1.72. The average Bonchev–Trinajstić information content (AvgIpc) is 3.30. The maximum Gasteiger partial charge on any atom is 0.254 e. The number of hydrogen-bond donors (Lipinski definition) is 3. The predicted molar refractivity (Wildman–Crippen MR) is 124 cm³/mol. The van der Waals surface area contributed by atoms with E-state index in [0.29, 0.717) is 17.0 Å². The van der Waals surface area contributed by atoms with E-state index in [9.17, 15) is 14.7 Å². The zero-order valence-electron chi connectivity index (χ0n) is 19.5. The van der Waals surface area contributed by atoms with Crippen LogP contribution in [0, 0.1) is 5.41 Å². The molecule has 0 aliphatic heterocycles. The van der Waals surface area contributed by atoms with Gasteiger partial charge in [0.05, 0.1) is 24.8 Å². The predicted octanol–water partition coefficient (Wildman–Crippen LogP) is 2.72. The van der Waals surface area contributed by atoms with Gasteiger partial charge in [-0.3, -0.25) is 9.59 Å². The third kappa shape index (κ3) is 5.87. The van der Waals surface area contributed by atoms with Gasteiger partial charge in [-0.15, -0.1) is 0 Å². The zero-order valence-corrected chi connectivity index (χ0v) is 19.5. The summed E-state index contributed by atoms with van der Waals surface area (Å²) in [5.74, 6) is -0.0301. The van der Waals surface area contributed by atoms with Gasteiger partial charge < -0.3 is 21.1 Å². The van der Waals surface area contributed by atoms with Gasteiger partial charge in [0.15, 0.2) is 0 Å². The van der Waals surface area contributed by atoms with Crippen molar-refractivity contribution in [1.29, 1.82) is 0 Å². The van der Waals surface area contributed by atoms with E-state index in [-0.39, 0.29) is 42.0 Å². The van der Waals surface area contributed by atoms with Crippen LogP contribution in [-0.2, 0) is 24.1 Å². The number of benzene rings is 1. The van der Waals surface area contributed by atoms with Crippen LogP contribution in [0.15, 0.2) is 34.9 Å². The molecule has 176 valence electrons. The lowest BCUT2D eigenvalue weighted by Crippen LogP contribution is -2.17. The van der Waals surface area contributed by atoms with Gasteiger partial charge in [-0.2, -0.15) is 5.10 Å². The Morgan fingerprint density at radius 3 is 2.42 bits per heavy atom. The highest BCUT2D eigenvalue weighted by Crippen LogP contribution is 2.29. The van der Waals surface area contributed by atoms with Gasteiger partial charge in [-0.25, -0.2) is 4.68 Å². The summed E-state index contributed by atoms with van der Waals surface area (Å²) in [6.45, 7) is 7.90. The topological polar surface area (TPSA) is 150 Å². The van der Waals surface area contributed by atoms with Crippen LogP contribution in [0.3, 0.4) is 0 Å². The maximum absolute atomic E-state index is 12.5. The Bertz CT molecular complexity index is 1140. The minimum Gasteiger partial charge on any atom is -0.394 e. The van der Waals surface area contributed by atoms with Gasteiger partial charge in [0.2, 0.25) is 0 Å². The number of nitrogens with two attached hydrogens (primary N) is 2. The van der Waals surface area contributed by atoms with Crippen molar-refractivity contribution in [1.82, 2.24) is 14.9 Å². The smallest absolute Gasteiger partial charge is 0.254 e. The van der Waals surface area contributed by atoms with Crippen LogP contribution in [-0.4, -0.2) is 38.3 Å². The molecule has 0 spiro atoms. The summed E-state index contributed by atoms with van der Waals surface area (Å²) in [7, 11) is 0. The van der Waals surface area contributed by atoms with Crippen molar-refractivity contribution in [2.75, 3.05) is 12.3 Å². The standard InChI is InChI=1S/C24H31N5O4/c1-14(13-30)29-22(25)20(23(26)32)21(27-29)16-7-5-15(6-8-16)9-18(31)11-19-10-17(28-33-19)12-24(2,3)4/h5-8,10,14,30H,9,11-13,25H2,1-4H3,(H2,26,32). The van der Waals surface area contributed by atoms with Gasteiger partial charge in [0.25, 0.3) is 5.91 Å². The number of primary amides is 1. The Hall–Kier alpha value is -3.46. The number of ketones is 1. The number of carbonyl (C=O) groups is 2. The van der Waals surface area contributed by atoms with Crippen molar-refractivity contribution in [2.45, 2.75) is 53.0 Å². The van der Waals surface area contributed by atoms with Crippen LogP contribution in [0.2, 0.25) is 0 Å². The number of anilines is 1. The normalized spacial score (nSPS) is 12.6. The first-order valence-electron chi connectivity index (χ1n) is 10.8. The number of aliphatic hydroxyl groups excluding tert-OH is 1. The molecule has 33 heavy (non-hydrogen) atoms. The van der Waals surface area contributed by atoms with Crippen molar-refractivity contribution < 1.29 is 19.2 Å². The fourth-order valence-electron chi connectivity index (χ4n) is 3.64. The van der Waals surface area contributed by atoms with Crippen molar-refractivity contribution in [3.05, 3.63) is 52.9 Å². The number of carbonyl (C=O) groups excluding carboxylic acids is 2. The molecule has 1 atom stereocenters. The summed E-state index contributed by atoms with van der Waals surface area (Å²) in [5.41, 5.74) is 14.4. The minimum absolute atomic E-state index is 0.00401. The molecular formula is C24H31N5O4. The SMILES string of the molecule is CC(CO)n1nc(-c2ccc(CC(=O)Cc3cc(CC(C)(C)C)no3)cc2)c(C(N)=O)c1N. The summed E-state index contributed by atoms with van der Waals surface area (Å²) >= 11 is 0. The van der Waals surface area contributed by atoms with Crippen LogP contribution in [0.5, 0.6) is 0 Å². The fourth-order valence-corrected chi connectivity index (χ4v) is 3.64. The molecule has 3 aromatic rings. The first kappa shape index (κ1) is 24.2. The maximum atomic E-state index is 12.5. The van der Waals surface area contributed by atoms with E-state index in [4.69, 9.17) is 16.0 Å². The summed E-state index contributed by atoms with van der Waals surface area (Å²) in [6, 6.07) is 8.56. The van der Waals surface area contributed by atoms with Crippen LogP contribution >= 0.6 is 0 Å². The second-order valence-electron chi connectivity index (χ2n) is 9.56. The fraction of sp³-hybridized carbons (Fsp3) is 0.417. The minimum atomic E-state index is -0.698. The molecule has 3 rings (SSSR count). The second-order valence-corrected chi connectivity index (χ2v) is 9.56. The zero-order chi connectivity index (χ0) is 24.3. The number of amides is 1. The number of Topliss-reactive ketones (excluding diaryl/α,β-unsaturated/α-hetero) is 1. The third-order valence-electron chi connectivity index (χ3n) is 5.19. The molecule has 5 N–H and O–H groups in total. The summed E-state index contributed by atoms with van der Waals surface area (Å²) < 4.78 is 6.71. The largest absolute Gasteiger partial charge is 0.394 e. The Kier molecular flexibility index (Phi) is 7.02. The van der Waals surface area contributed by atoms with Crippen molar-refractivity contribution in [2.24, 2.45) is 11.1 Å². The van der Waals surface area contributed by atoms with E-state index in [1.165, 1.54) is 4.68 Å². The summed E-state index contributed by atoms with van der Waals surface area (Å²) in [5, 5.41) is 17.9. The monoisotopic (exact) mass is 453 g/mol.